The molecule has 0 saturated heterocycles. The molecule has 0 fully saturated rings. The van der Waals surface area contributed by atoms with Gasteiger partial charge in [0.05, 0.1) is 11.1 Å². The lowest BCUT2D eigenvalue weighted by Crippen LogP contribution is -2.07. The molecule has 0 radical (unpaired) electrons. The predicted molar refractivity (Wildman–Crippen MR) is 116 cm³/mol. The first kappa shape index (κ1) is 19.9. The van der Waals surface area contributed by atoms with E-state index in [0.29, 0.717) is 11.1 Å². The Kier molecular flexibility index (Phi) is 5.49. The van der Waals surface area contributed by atoms with Crippen LogP contribution >= 0.6 is 0 Å². The third kappa shape index (κ3) is 4.02. The third-order valence-electron chi connectivity index (χ3n) is 4.75. The number of benzene rings is 4. The number of aromatic hydroxyl groups is 2. The molecular weight excluding hydrogens is 392 g/mol. The average molecular weight is 410 g/mol. The number of ether oxygens (including phenoxy) is 1. The zero-order valence-corrected chi connectivity index (χ0v) is 16.4. The molecule has 4 aromatic rings. The molecule has 2 N–H and O–H groups in total. The predicted octanol–water partition coefficient (Wildman–Crippen LogP) is 5.35. The zero-order valence-electron chi connectivity index (χ0n) is 16.4. The van der Waals surface area contributed by atoms with Gasteiger partial charge in [-0.2, -0.15) is 0 Å². The molecule has 4 aromatic carbocycles. The first-order valence-corrected chi connectivity index (χ1v) is 9.57. The van der Waals surface area contributed by atoms with Gasteiger partial charge in [0, 0.05) is 11.1 Å². The summed E-state index contributed by atoms with van der Waals surface area (Å²) >= 11 is 0. The lowest BCUT2D eigenvalue weighted by atomic mass is 10.0. The molecule has 0 bridgehead atoms. The van der Waals surface area contributed by atoms with E-state index in [1.54, 1.807) is 60.7 Å². The summed E-state index contributed by atoms with van der Waals surface area (Å²) in [7, 11) is 0. The summed E-state index contributed by atoms with van der Waals surface area (Å²) in [6.07, 6.45) is 0. The van der Waals surface area contributed by atoms with E-state index in [9.17, 15) is 19.8 Å². The number of carbonyl (C=O) groups is 2. The molecule has 4 rings (SSSR count). The molecule has 5 nitrogen and oxygen atoms in total. The highest BCUT2D eigenvalue weighted by molar-refractivity contribution is 6.12. The van der Waals surface area contributed by atoms with Crippen LogP contribution in [0.5, 0.6) is 23.0 Å². The maximum absolute atomic E-state index is 13.0. The van der Waals surface area contributed by atoms with E-state index >= 15 is 0 Å². The minimum atomic E-state index is -0.363. The van der Waals surface area contributed by atoms with Crippen molar-refractivity contribution >= 4 is 11.6 Å². The lowest BCUT2D eigenvalue weighted by Gasteiger charge is -2.16. The summed E-state index contributed by atoms with van der Waals surface area (Å²) in [5.41, 5.74) is 1.03. The molecule has 152 valence electrons. The Balaban J connectivity index is 1.79. The van der Waals surface area contributed by atoms with Gasteiger partial charge < -0.3 is 14.9 Å². The molecule has 0 heterocycles. The Morgan fingerprint density at radius 3 is 1.29 bits per heavy atom. The van der Waals surface area contributed by atoms with Crippen LogP contribution in [-0.2, 0) is 0 Å². The van der Waals surface area contributed by atoms with E-state index in [0.717, 1.165) is 0 Å². The van der Waals surface area contributed by atoms with Crippen molar-refractivity contribution in [2.24, 2.45) is 0 Å². The van der Waals surface area contributed by atoms with Gasteiger partial charge in [0.2, 0.25) is 0 Å². The SMILES string of the molecule is O=C(c1ccccc1)c1cccc(O)c1Oc1c(O)cccc1C(=O)c1ccccc1. The summed E-state index contributed by atoms with van der Waals surface area (Å²) in [5, 5.41) is 20.9. The van der Waals surface area contributed by atoms with Crippen LogP contribution in [0.3, 0.4) is 0 Å². The quantitative estimate of drug-likeness (QED) is 0.419. The average Bonchev–Trinajstić information content (AvgIpc) is 2.81. The molecule has 31 heavy (non-hydrogen) atoms. The highest BCUT2D eigenvalue weighted by Crippen LogP contribution is 2.41. The van der Waals surface area contributed by atoms with Crippen LogP contribution in [0.2, 0.25) is 0 Å². The van der Waals surface area contributed by atoms with Gasteiger partial charge in [-0.1, -0.05) is 72.8 Å². The van der Waals surface area contributed by atoms with Gasteiger partial charge in [0.25, 0.3) is 0 Å². The van der Waals surface area contributed by atoms with Crippen LogP contribution in [0.15, 0.2) is 97.1 Å². The van der Waals surface area contributed by atoms with Crippen molar-refractivity contribution in [3.05, 3.63) is 119 Å². The molecular formula is C26H18O5. The van der Waals surface area contributed by atoms with Gasteiger partial charge in [-0.15, -0.1) is 0 Å². The molecule has 0 aliphatic rings. The topological polar surface area (TPSA) is 83.8 Å². The second-order valence-corrected chi connectivity index (χ2v) is 6.80. The number of carbonyl (C=O) groups excluding carboxylic acids is 2. The fourth-order valence-corrected chi connectivity index (χ4v) is 3.21. The standard InChI is InChI=1S/C26H18O5/c27-21-15-7-13-19(23(29)17-9-3-1-4-10-17)25(21)31-26-20(14-8-16-22(26)28)24(30)18-11-5-2-6-12-18/h1-16,27-28H. The number of ketones is 2. The molecule has 0 amide bonds. The second kappa shape index (κ2) is 8.55. The van der Waals surface area contributed by atoms with Crippen LogP contribution in [0, 0.1) is 0 Å². The van der Waals surface area contributed by atoms with Crippen molar-refractivity contribution in [3.8, 4) is 23.0 Å². The third-order valence-corrected chi connectivity index (χ3v) is 4.75. The fourth-order valence-electron chi connectivity index (χ4n) is 3.21. The largest absolute Gasteiger partial charge is 0.504 e. The van der Waals surface area contributed by atoms with E-state index in [-0.39, 0.29) is 45.7 Å². The minimum Gasteiger partial charge on any atom is -0.504 e. The molecule has 0 aromatic heterocycles. The van der Waals surface area contributed by atoms with Crippen molar-refractivity contribution < 1.29 is 24.5 Å². The summed E-state index contributed by atoms with van der Waals surface area (Å²) in [4.78, 5) is 26.0. The van der Waals surface area contributed by atoms with Crippen molar-refractivity contribution in [3.63, 3.8) is 0 Å². The Labute approximate surface area is 178 Å². The summed E-state index contributed by atoms with van der Waals surface area (Å²) in [5.74, 6) is -1.58. The Morgan fingerprint density at radius 1 is 0.516 bits per heavy atom. The number of phenols is 2. The number of rotatable bonds is 6. The Hall–Kier alpha value is -4.38. The van der Waals surface area contributed by atoms with Crippen LogP contribution in [0.4, 0.5) is 0 Å². The van der Waals surface area contributed by atoms with E-state index in [1.165, 1.54) is 36.4 Å². The number of phenolic OH excluding ortho intramolecular Hbond substituents is 2. The zero-order chi connectivity index (χ0) is 21.8. The van der Waals surface area contributed by atoms with Gasteiger partial charge in [-0.3, -0.25) is 9.59 Å². The van der Waals surface area contributed by atoms with E-state index in [1.807, 2.05) is 0 Å². The maximum Gasteiger partial charge on any atom is 0.196 e. The maximum atomic E-state index is 13.0. The molecule has 0 aliphatic heterocycles. The van der Waals surface area contributed by atoms with E-state index < -0.39 is 0 Å². The van der Waals surface area contributed by atoms with Gasteiger partial charge in [0.15, 0.2) is 34.6 Å². The molecule has 0 saturated carbocycles. The lowest BCUT2D eigenvalue weighted by molar-refractivity contribution is 0.103. The van der Waals surface area contributed by atoms with E-state index in [2.05, 4.69) is 0 Å². The molecule has 5 heteroatoms. The van der Waals surface area contributed by atoms with Gasteiger partial charge in [-0.05, 0) is 24.3 Å². The fraction of sp³-hybridized carbons (Fsp3) is 0. The minimum absolute atomic E-state index is 0.104. The smallest absolute Gasteiger partial charge is 0.196 e. The normalized spacial score (nSPS) is 10.5. The molecule has 0 spiro atoms. The monoisotopic (exact) mass is 410 g/mol. The van der Waals surface area contributed by atoms with Crippen LogP contribution in [0.25, 0.3) is 0 Å². The van der Waals surface area contributed by atoms with Gasteiger partial charge in [0.1, 0.15) is 0 Å². The van der Waals surface area contributed by atoms with Crippen LogP contribution in [-0.4, -0.2) is 21.8 Å². The first-order chi connectivity index (χ1) is 15.1. The van der Waals surface area contributed by atoms with Gasteiger partial charge in [-0.25, -0.2) is 0 Å². The molecule has 0 unspecified atom stereocenters. The summed E-state index contributed by atoms with van der Waals surface area (Å²) < 4.78 is 5.85. The second-order valence-electron chi connectivity index (χ2n) is 6.80. The Morgan fingerprint density at radius 2 is 0.903 bits per heavy atom. The van der Waals surface area contributed by atoms with Crippen molar-refractivity contribution in [2.75, 3.05) is 0 Å². The van der Waals surface area contributed by atoms with Crippen LogP contribution in [0.1, 0.15) is 31.8 Å². The number of para-hydroxylation sites is 2. The molecule has 0 aliphatic carbocycles. The summed E-state index contributed by atoms with van der Waals surface area (Å²) in [6, 6.07) is 26.0. The van der Waals surface area contributed by atoms with Crippen molar-refractivity contribution in [1.29, 1.82) is 0 Å². The Bertz CT molecular complexity index is 1150. The van der Waals surface area contributed by atoms with Gasteiger partial charge >= 0.3 is 0 Å². The van der Waals surface area contributed by atoms with Crippen molar-refractivity contribution in [1.82, 2.24) is 0 Å². The number of hydrogen-bond acceptors (Lipinski definition) is 5. The van der Waals surface area contributed by atoms with Crippen molar-refractivity contribution in [2.45, 2.75) is 0 Å². The summed E-state index contributed by atoms with van der Waals surface area (Å²) in [6.45, 7) is 0. The number of hydrogen-bond donors (Lipinski definition) is 2. The van der Waals surface area contributed by atoms with E-state index in [4.69, 9.17) is 4.74 Å². The highest BCUT2D eigenvalue weighted by Gasteiger charge is 2.23. The highest BCUT2D eigenvalue weighted by atomic mass is 16.5. The van der Waals surface area contributed by atoms with Crippen LogP contribution < -0.4 is 4.74 Å². The molecule has 0 atom stereocenters. The first-order valence-electron chi connectivity index (χ1n) is 9.57.